The Balaban J connectivity index is 3.22. The van der Waals surface area contributed by atoms with E-state index in [1.165, 1.54) is 6.26 Å². The average Bonchev–Trinajstić information content (AvgIpc) is 2.21. The molecule has 0 aromatic carbocycles. The lowest BCUT2D eigenvalue weighted by Gasteiger charge is -2.05. The Hall–Kier alpha value is -0.660. The summed E-state index contributed by atoms with van der Waals surface area (Å²) in [6, 6.07) is 0. The van der Waals surface area contributed by atoms with Gasteiger partial charge in [-0.1, -0.05) is 0 Å². The molecule has 7 heteroatoms. The van der Waals surface area contributed by atoms with Crippen LogP contribution in [0.1, 0.15) is 13.3 Å². The predicted octanol–water partition coefficient (Wildman–Crippen LogP) is -0.410. The third-order valence-electron chi connectivity index (χ3n) is 1.82. The van der Waals surface area contributed by atoms with Crippen LogP contribution >= 0.6 is 0 Å². The van der Waals surface area contributed by atoms with Gasteiger partial charge in [-0.15, -0.1) is 0 Å². The summed E-state index contributed by atoms with van der Waals surface area (Å²) in [5, 5.41) is 3.02. The Morgan fingerprint density at radius 1 is 1.29 bits per heavy atom. The van der Waals surface area contributed by atoms with E-state index in [2.05, 4.69) is 10.1 Å². The van der Waals surface area contributed by atoms with E-state index in [1.807, 2.05) is 0 Å². The van der Waals surface area contributed by atoms with Crippen molar-refractivity contribution in [3.8, 4) is 0 Å². The SMILES string of the molecule is CCOC(=O)COCCNCCCS(C)(=O)=O. The summed E-state index contributed by atoms with van der Waals surface area (Å²) in [5.74, 6) is -0.187. The van der Waals surface area contributed by atoms with Crippen molar-refractivity contribution in [1.82, 2.24) is 5.32 Å². The van der Waals surface area contributed by atoms with Gasteiger partial charge in [0.2, 0.25) is 0 Å². The van der Waals surface area contributed by atoms with Crippen LogP contribution in [0.5, 0.6) is 0 Å². The first-order valence-electron chi connectivity index (χ1n) is 5.57. The van der Waals surface area contributed by atoms with Gasteiger partial charge in [0.15, 0.2) is 0 Å². The Kier molecular flexibility index (Phi) is 9.01. The molecule has 6 nitrogen and oxygen atoms in total. The maximum atomic E-state index is 10.9. The number of hydrogen-bond donors (Lipinski definition) is 1. The summed E-state index contributed by atoms with van der Waals surface area (Å²) >= 11 is 0. The summed E-state index contributed by atoms with van der Waals surface area (Å²) in [6.45, 7) is 3.66. The van der Waals surface area contributed by atoms with Crippen LogP contribution in [-0.2, 0) is 24.1 Å². The van der Waals surface area contributed by atoms with Crippen LogP contribution in [0.25, 0.3) is 0 Å². The number of carbonyl (C=O) groups is 1. The van der Waals surface area contributed by atoms with Crippen LogP contribution < -0.4 is 5.32 Å². The van der Waals surface area contributed by atoms with Gasteiger partial charge in [0.1, 0.15) is 16.4 Å². The van der Waals surface area contributed by atoms with Crippen LogP contribution in [0, 0.1) is 0 Å². The quantitative estimate of drug-likeness (QED) is 0.428. The molecule has 0 radical (unpaired) electrons. The molecule has 0 aromatic heterocycles. The first-order chi connectivity index (χ1) is 7.95. The number of ether oxygens (including phenoxy) is 2. The van der Waals surface area contributed by atoms with E-state index >= 15 is 0 Å². The number of hydrogen-bond acceptors (Lipinski definition) is 6. The highest BCUT2D eigenvalue weighted by atomic mass is 32.2. The first-order valence-corrected chi connectivity index (χ1v) is 7.63. The topological polar surface area (TPSA) is 81.7 Å². The number of rotatable bonds is 10. The molecule has 0 unspecified atom stereocenters. The summed E-state index contributed by atoms with van der Waals surface area (Å²) in [7, 11) is -2.87. The summed E-state index contributed by atoms with van der Waals surface area (Å²) < 4.78 is 31.3. The Labute approximate surface area is 103 Å². The van der Waals surface area contributed by atoms with E-state index in [9.17, 15) is 13.2 Å². The molecule has 0 atom stereocenters. The fourth-order valence-corrected chi connectivity index (χ4v) is 1.76. The molecule has 0 heterocycles. The van der Waals surface area contributed by atoms with Gasteiger partial charge in [0, 0.05) is 12.8 Å². The van der Waals surface area contributed by atoms with Crippen molar-refractivity contribution in [2.75, 3.05) is 44.9 Å². The van der Waals surface area contributed by atoms with Gasteiger partial charge in [0.25, 0.3) is 0 Å². The van der Waals surface area contributed by atoms with Gasteiger partial charge in [-0.05, 0) is 19.9 Å². The Morgan fingerprint density at radius 2 is 2.00 bits per heavy atom. The summed E-state index contributed by atoms with van der Waals surface area (Å²) in [5.41, 5.74) is 0. The lowest BCUT2D eigenvalue weighted by molar-refractivity contribution is -0.148. The molecule has 102 valence electrons. The van der Waals surface area contributed by atoms with Crippen LogP contribution in [0.15, 0.2) is 0 Å². The number of carbonyl (C=O) groups excluding carboxylic acids is 1. The van der Waals surface area contributed by atoms with Crippen molar-refractivity contribution in [3.05, 3.63) is 0 Å². The molecule has 0 aliphatic rings. The molecule has 0 aliphatic carbocycles. The molecule has 0 amide bonds. The van der Waals surface area contributed by atoms with Gasteiger partial charge >= 0.3 is 5.97 Å². The van der Waals surface area contributed by atoms with Gasteiger partial charge in [-0.2, -0.15) is 0 Å². The first kappa shape index (κ1) is 16.3. The maximum Gasteiger partial charge on any atom is 0.332 e. The van der Waals surface area contributed by atoms with Crippen molar-refractivity contribution in [3.63, 3.8) is 0 Å². The van der Waals surface area contributed by atoms with Crippen molar-refractivity contribution >= 4 is 15.8 Å². The molecular weight excluding hydrogens is 246 g/mol. The maximum absolute atomic E-state index is 10.9. The highest BCUT2D eigenvalue weighted by Gasteiger charge is 2.01. The zero-order valence-corrected chi connectivity index (χ0v) is 11.2. The predicted molar refractivity (Wildman–Crippen MR) is 64.6 cm³/mol. The molecular formula is C10H21NO5S. The molecule has 0 spiro atoms. The highest BCUT2D eigenvalue weighted by molar-refractivity contribution is 7.90. The fourth-order valence-electron chi connectivity index (χ4n) is 1.09. The minimum Gasteiger partial charge on any atom is -0.464 e. The number of nitrogens with one attached hydrogen (secondary N) is 1. The minimum absolute atomic E-state index is 0.0428. The lowest BCUT2D eigenvalue weighted by atomic mass is 10.5. The van der Waals surface area contributed by atoms with E-state index in [1.54, 1.807) is 6.92 Å². The van der Waals surface area contributed by atoms with E-state index in [0.717, 1.165) is 0 Å². The molecule has 0 aliphatic heterocycles. The fraction of sp³-hybridized carbons (Fsp3) is 0.900. The minimum atomic E-state index is -2.87. The molecule has 17 heavy (non-hydrogen) atoms. The molecule has 0 rings (SSSR count). The normalized spacial score (nSPS) is 11.4. The average molecular weight is 267 g/mol. The molecule has 0 bridgehead atoms. The molecule has 1 N–H and O–H groups in total. The van der Waals surface area contributed by atoms with Gasteiger partial charge in [-0.25, -0.2) is 13.2 Å². The Bertz CT molecular complexity index is 302. The molecule has 0 aromatic rings. The molecule has 0 saturated carbocycles. The smallest absolute Gasteiger partial charge is 0.332 e. The second kappa shape index (κ2) is 9.38. The number of esters is 1. The van der Waals surface area contributed by atoms with E-state index in [-0.39, 0.29) is 18.3 Å². The third-order valence-corrected chi connectivity index (χ3v) is 2.85. The second-order valence-electron chi connectivity index (χ2n) is 3.59. The standard InChI is InChI=1S/C10H21NO5S/c1-3-16-10(12)9-15-7-6-11-5-4-8-17(2,13)14/h11H,3-9H2,1-2H3. The van der Waals surface area contributed by atoms with Crippen molar-refractivity contribution in [1.29, 1.82) is 0 Å². The molecule has 0 saturated heterocycles. The monoisotopic (exact) mass is 267 g/mol. The summed E-state index contributed by atoms with van der Waals surface area (Å²) in [4.78, 5) is 10.9. The van der Waals surface area contributed by atoms with Gasteiger partial charge < -0.3 is 14.8 Å². The van der Waals surface area contributed by atoms with Crippen LogP contribution in [0.4, 0.5) is 0 Å². The zero-order valence-electron chi connectivity index (χ0n) is 10.4. The van der Waals surface area contributed by atoms with E-state index < -0.39 is 9.84 Å². The van der Waals surface area contributed by atoms with Crippen LogP contribution in [0.2, 0.25) is 0 Å². The lowest BCUT2D eigenvalue weighted by Crippen LogP contribution is -2.24. The van der Waals surface area contributed by atoms with E-state index in [4.69, 9.17) is 4.74 Å². The van der Waals surface area contributed by atoms with E-state index in [0.29, 0.717) is 32.7 Å². The largest absolute Gasteiger partial charge is 0.464 e. The Morgan fingerprint density at radius 3 is 2.59 bits per heavy atom. The number of sulfone groups is 1. The molecule has 0 fully saturated rings. The second-order valence-corrected chi connectivity index (χ2v) is 5.85. The van der Waals surface area contributed by atoms with Crippen molar-refractivity contribution < 1.29 is 22.7 Å². The third kappa shape index (κ3) is 13.3. The van der Waals surface area contributed by atoms with Crippen LogP contribution in [-0.4, -0.2) is 59.3 Å². The highest BCUT2D eigenvalue weighted by Crippen LogP contribution is 1.86. The van der Waals surface area contributed by atoms with Crippen molar-refractivity contribution in [2.45, 2.75) is 13.3 Å². The van der Waals surface area contributed by atoms with Crippen LogP contribution in [0.3, 0.4) is 0 Å². The van der Waals surface area contributed by atoms with Gasteiger partial charge in [-0.3, -0.25) is 0 Å². The summed E-state index contributed by atoms with van der Waals surface area (Å²) in [6.07, 6.45) is 1.80. The van der Waals surface area contributed by atoms with Gasteiger partial charge in [0.05, 0.1) is 19.0 Å². The van der Waals surface area contributed by atoms with Crippen molar-refractivity contribution in [2.24, 2.45) is 0 Å². The zero-order chi connectivity index (χ0) is 13.1.